The van der Waals surface area contributed by atoms with Gasteiger partial charge in [0.1, 0.15) is 5.75 Å². The lowest BCUT2D eigenvalue weighted by molar-refractivity contribution is 0.101. The van der Waals surface area contributed by atoms with Crippen LogP contribution in [0.25, 0.3) is 0 Å². The van der Waals surface area contributed by atoms with Crippen LogP contribution in [0.3, 0.4) is 0 Å². The van der Waals surface area contributed by atoms with Gasteiger partial charge in [-0.3, -0.25) is 4.79 Å². The normalized spacial score (nSPS) is 9.86. The number of carbonyl (C=O) groups is 1. The molecule has 0 saturated heterocycles. The highest BCUT2D eigenvalue weighted by atomic mass is 16.3. The predicted octanol–water partition coefficient (Wildman–Crippen LogP) is 2.63. The average molecular weight is 190 g/mol. The molecule has 0 aromatic heterocycles. The lowest BCUT2D eigenvalue weighted by atomic mass is 10.0. The van der Waals surface area contributed by atoms with Gasteiger partial charge in [-0.05, 0) is 43.5 Å². The molecule has 0 atom stereocenters. The molecule has 0 aliphatic carbocycles. The van der Waals surface area contributed by atoms with Gasteiger partial charge in [0.05, 0.1) is 0 Å². The zero-order chi connectivity index (χ0) is 10.7. The molecule has 1 aromatic rings. The van der Waals surface area contributed by atoms with E-state index in [9.17, 15) is 9.90 Å². The van der Waals surface area contributed by atoms with Gasteiger partial charge in [0.2, 0.25) is 0 Å². The van der Waals surface area contributed by atoms with Crippen LogP contribution in [0.15, 0.2) is 24.8 Å². The van der Waals surface area contributed by atoms with Gasteiger partial charge >= 0.3 is 0 Å². The van der Waals surface area contributed by atoms with Crippen LogP contribution in [-0.2, 0) is 6.42 Å². The second-order valence-electron chi connectivity index (χ2n) is 3.35. The van der Waals surface area contributed by atoms with E-state index in [0.29, 0.717) is 12.0 Å². The van der Waals surface area contributed by atoms with E-state index in [4.69, 9.17) is 0 Å². The van der Waals surface area contributed by atoms with Crippen molar-refractivity contribution in [1.82, 2.24) is 0 Å². The smallest absolute Gasteiger partial charge is 0.159 e. The molecular formula is C12H14O2. The molecule has 0 unspecified atom stereocenters. The first-order chi connectivity index (χ1) is 6.56. The summed E-state index contributed by atoms with van der Waals surface area (Å²) in [7, 11) is 0. The minimum atomic E-state index is 0.0124. The van der Waals surface area contributed by atoms with Crippen LogP contribution >= 0.6 is 0 Å². The molecule has 1 aromatic carbocycles. The SMILES string of the molecule is C=CCc1cc(C(C)=O)cc(C)c1O. The number of hydrogen-bond donors (Lipinski definition) is 1. The quantitative estimate of drug-likeness (QED) is 0.587. The van der Waals surface area contributed by atoms with Crippen LogP contribution in [0.5, 0.6) is 5.75 Å². The second kappa shape index (κ2) is 4.09. The number of carbonyl (C=O) groups excluding carboxylic acids is 1. The van der Waals surface area contributed by atoms with E-state index < -0.39 is 0 Å². The molecule has 0 aliphatic rings. The summed E-state index contributed by atoms with van der Waals surface area (Å²) in [6.45, 7) is 6.91. The van der Waals surface area contributed by atoms with Gasteiger partial charge in [-0.25, -0.2) is 0 Å². The van der Waals surface area contributed by atoms with Crippen molar-refractivity contribution in [3.63, 3.8) is 0 Å². The zero-order valence-corrected chi connectivity index (χ0v) is 8.50. The molecule has 0 spiro atoms. The Morgan fingerprint density at radius 1 is 1.57 bits per heavy atom. The van der Waals surface area contributed by atoms with Crippen molar-refractivity contribution in [3.05, 3.63) is 41.5 Å². The molecule has 0 fully saturated rings. The van der Waals surface area contributed by atoms with E-state index in [1.54, 1.807) is 25.1 Å². The number of rotatable bonds is 3. The van der Waals surface area contributed by atoms with Crippen molar-refractivity contribution in [2.45, 2.75) is 20.3 Å². The molecule has 0 amide bonds. The average Bonchev–Trinajstić information content (AvgIpc) is 2.12. The minimum Gasteiger partial charge on any atom is -0.507 e. The highest BCUT2D eigenvalue weighted by molar-refractivity contribution is 5.94. The Balaban J connectivity index is 3.27. The Morgan fingerprint density at radius 3 is 2.71 bits per heavy atom. The van der Waals surface area contributed by atoms with Crippen molar-refractivity contribution in [1.29, 1.82) is 0 Å². The third kappa shape index (κ3) is 2.02. The molecule has 74 valence electrons. The number of hydrogen-bond acceptors (Lipinski definition) is 2. The van der Waals surface area contributed by atoms with Crippen LogP contribution in [0, 0.1) is 6.92 Å². The Kier molecular flexibility index (Phi) is 3.07. The first-order valence-electron chi connectivity index (χ1n) is 4.50. The maximum absolute atomic E-state index is 11.2. The molecule has 0 radical (unpaired) electrons. The number of benzene rings is 1. The summed E-state index contributed by atoms with van der Waals surface area (Å²) in [6.07, 6.45) is 2.28. The molecular weight excluding hydrogens is 176 g/mol. The number of ketones is 1. The Bertz CT molecular complexity index is 378. The van der Waals surface area contributed by atoms with Crippen molar-refractivity contribution in [3.8, 4) is 5.75 Å². The van der Waals surface area contributed by atoms with E-state index in [2.05, 4.69) is 6.58 Å². The summed E-state index contributed by atoms with van der Waals surface area (Å²) in [5.41, 5.74) is 2.12. The summed E-state index contributed by atoms with van der Waals surface area (Å²) in [4.78, 5) is 11.2. The summed E-state index contributed by atoms with van der Waals surface area (Å²) in [5, 5.41) is 9.68. The van der Waals surface area contributed by atoms with Gasteiger partial charge in [-0.2, -0.15) is 0 Å². The van der Waals surface area contributed by atoms with Crippen molar-refractivity contribution < 1.29 is 9.90 Å². The molecule has 0 aliphatic heterocycles. The second-order valence-corrected chi connectivity index (χ2v) is 3.35. The van der Waals surface area contributed by atoms with Crippen molar-refractivity contribution in [2.75, 3.05) is 0 Å². The molecule has 0 saturated carbocycles. The molecule has 1 N–H and O–H groups in total. The van der Waals surface area contributed by atoms with E-state index in [-0.39, 0.29) is 11.5 Å². The molecule has 2 heteroatoms. The van der Waals surface area contributed by atoms with Gasteiger partial charge in [-0.15, -0.1) is 6.58 Å². The first kappa shape index (κ1) is 10.5. The lowest BCUT2D eigenvalue weighted by Crippen LogP contribution is -1.96. The molecule has 14 heavy (non-hydrogen) atoms. The molecule has 0 bridgehead atoms. The largest absolute Gasteiger partial charge is 0.507 e. The number of phenols is 1. The predicted molar refractivity (Wildman–Crippen MR) is 56.7 cm³/mol. The van der Waals surface area contributed by atoms with E-state index in [1.165, 1.54) is 6.92 Å². The standard InChI is InChI=1S/C12H14O2/c1-4-5-10-7-11(9(3)13)6-8(2)12(10)14/h4,6-7,14H,1,5H2,2-3H3. The Morgan fingerprint density at radius 2 is 2.21 bits per heavy atom. The Hall–Kier alpha value is -1.57. The van der Waals surface area contributed by atoms with Gasteiger partial charge < -0.3 is 5.11 Å². The number of aryl methyl sites for hydroxylation is 1. The van der Waals surface area contributed by atoms with Crippen LogP contribution < -0.4 is 0 Å². The molecule has 0 heterocycles. The zero-order valence-electron chi connectivity index (χ0n) is 8.50. The van der Waals surface area contributed by atoms with E-state index >= 15 is 0 Å². The minimum absolute atomic E-state index is 0.0124. The van der Waals surface area contributed by atoms with Gasteiger partial charge in [0.25, 0.3) is 0 Å². The van der Waals surface area contributed by atoms with Gasteiger partial charge in [0, 0.05) is 5.56 Å². The van der Waals surface area contributed by atoms with Crippen molar-refractivity contribution >= 4 is 5.78 Å². The molecule has 1 rings (SSSR count). The fraction of sp³-hybridized carbons (Fsp3) is 0.250. The van der Waals surface area contributed by atoms with Crippen molar-refractivity contribution in [2.24, 2.45) is 0 Å². The van der Waals surface area contributed by atoms with Crippen LogP contribution in [-0.4, -0.2) is 10.9 Å². The van der Waals surface area contributed by atoms with Gasteiger partial charge in [-0.1, -0.05) is 6.08 Å². The summed E-state index contributed by atoms with van der Waals surface area (Å²) in [5.74, 6) is 0.272. The summed E-state index contributed by atoms with van der Waals surface area (Å²) >= 11 is 0. The van der Waals surface area contributed by atoms with Gasteiger partial charge in [0.15, 0.2) is 5.78 Å². The highest BCUT2D eigenvalue weighted by Crippen LogP contribution is 2.24. The maximum Gasteiger partial charge on any atom is 0.159 e. The number of aromatic hydroxyl groups is 1. The van der Waals surface area contributed by atoms with Crippen LogP contribution in [0.4, 0.5) is 0 Å². The topological polar surface area (TPSA) is 37.3 Å². The third-order valence-electron chi connectivity index (χ3n) is 2.15. The number of Topliss-reactive ketones (excluding diaryl/α,β-unsaturated/α-hetero) is 1. The van der Waals surface area contributed by atoms with E-state index in [1.807, 2.05) is 0 Å². The lowest BCUT2D eigenvalue weighted by Gasteiger charge is -2.07. The fourth-order valence-electron chi connectivity index (χ4n) is 1.37. The maximum atomic E-state index is 11.2. The monoisotopic (exact) mass is 190 g/mol. The highest BCUT2D eigenvalue weighted by Gasteiger charge is 2.08. The first-order valence-corrected chi connectivity index (χ1v) is 4.50. The fourth-order valence-corrected chi connectivity index (χ4v) is 1.37. The summed E-state index contributed by atoms with van der Waals surface area (Å²) < 4.78 is 0. The van der Waals surface area contributed by atoms with Crippen LogP contribution in [0.1, 0.15) is 28.4 Å². The van der Waals surface area contributed by atoms with Crippen LogP contribution in [0.2, 0.25) is 0 Å². The number of phenolic OH excluding ortho intramolecular Hbond substituents is 1. The summed E-state index contributed by atoms with van der Waals surface area (Å²) in [6, 6.07) is 3.41. The van der Waals surface area contributed by atoms with E-state index in [0.717, 1.165) is 11.1 Å². The third-order valence-corrected chi connectivity index (χ3v) is 2.15. The number of allylic oxidation sites excluding steroid dienone is 1. The molecule has 2 nitrogen and oxygen atoms in total. The Labute approximate surface area is 83.9 Å².